The topological polar surface area (TPSA) is 51.5 Å². The van der Waals surface area contributed by atoms with Gasteiger partial charge in [-0.1, -0.05) is 48.5 Å². The summed E-state index contributed by atoms with van der Waals surface area (Å²) in [7, 11) is 0. The van der Waals surface area contributed by atoms with E-state index in [2.05, 4.69) is 0 Å². The number of carboxylic acids is 1. The predicted octanol–water partition coefficient (Wildman–Crippen LogP) is 5.42. The molecule has 0 radical (unpaired) electrons. The van der Waals surface area contributed by atoms with Crippen LogP contribution in [0.4, 0.5) is 0 Å². The number of hydrogen-bond donors (Lipinski definition) is 1. The molecular formula is C24H19NO3. The van der Waals surface area contributed by atoms with Crippen LogP contribution < -0.4 is 4.74 Å². The Labute approximate surface area is 163 Å². The number of carboxylic acid groups (broad SMARTS) is 1. The van der Waals surface area contributed by atoms with Crippen molar-refractivity contribution in [1.29, 1.82) is 0 Å². The molecule has 138 valence electrons. The highest BCUT2D eigenvalue weighted by molar-refractivity contribution is 5.88. The third-order valence-electron chi connectivity index (χ3n) is 4.52. The number of benzene rings is 3. The first-order valence-corrected chi connectivity index (χ1v) is 8.99. The SMILES string of the molecule is O=C(O)c1cccc(-n2cccc2-c2ccccc2OCc2ccccc2)c1. The summed E-state index contributed by atoms with van der Waals surface area (Å²) < 4.78 is 8.06. The molecule has 28 heavy (non-hydrogen) atoms. The van der Waals surface area contributed by atoms with Gasteiger partial charge < -0.3 is 14.4 Å². The summed E-state index contributed by atoms with van der Waals surface area (Å²) in [6.45, 7) is 0.479. The molecule has 0 aliphatic heterocycles. The first kappa shape index (κ1) is 17.6. The van der Waals surface area contributed by atoms with Gasteiger partial charge in [0.15, 0.2) is 0 Å². The molecule has 0 fully saturated rings. The largest absolute Gasteiger partial charge is 0.488 e. The van der Waals surface area contributed by atoms with Crippen molar-refractivity contribution in [2.45, 2.75) is 6.61 Å². The second kappa shape index (κ2) is 7.84. The normalized spacial score (nSPS) is 10.6. The van der Waals surface area contributed by atoms with Gasteiger partial charge in [0.05, 0.1) is 11.3 Å². The van der Waals surface area contributed by atoms with Crippen LogP contribution in [0, 0.1) is 0 Å². The van der Waals surface area contributed by atoms with E-state index in [1.54, 1.807) is 18.2 Å². The molecule has 1 heterocycles. The lowest BCUT2D eigenvalue weighted by Crippen LogP contribution is -2.02. The fourth-order valence-electron chi connectivity index (χ4n) is 3.15. The van der Waals surface area contributed by atoms with Crippen LogP contribution in [0.1, 0.15) is 15.9 Å². The molecule has 0 unspecified atom stereocenters. The second-order valence-corrected chi connectivity index (χ2v) is 6.39. The fraction of sp³-hybridized carbons (Fsp3) is 0.0417. The minimum absolute atomic E-state index is 0.255. The summed E-state index contributed by atoms with van der Waals surface area (Å²) in [5.74, 6) is -0.164. The van der Waals surface area contributed by atoms with Crippen LogP contribution in [0.2, 0.25) is 0 Å². The van der Waals surface area contributed by atoms with Gasteiger partial charge in [-0.15, -0.1) is 0 Å². The van der Waals surface area contributed by atoms with E-state index in [0.717, 1.165) is 28.3 Å². The van der Waals surface area contributed by atoms with Gasteiger partial charge in [0, 0.05) is 17.4 Å². The second-order valence-electron chi connectivity index (χ2n) is 6.39. The molecule has 4 heteroatoms. The molecular weight excluding hydrogens is 350 g/mol. The fourth-order valence-corrected chi connectivity index (χ4v) is 3.15. The van der Waals surface area contributed by atoms with Crippen molar-refractivity contribution in [3.05, 3.63) is 108 Å². The summed E-state index contributed by atoms with van der Waals surface area (Å²) >= 11 is 0. The Kier molecular flexibility index (Phi) is 4.93. The highest BCUT2D eigenvalue weighted by atomic mass is 16.5. The van der Waals surface area contributed by atoms with Crippen molar-refractivity contribution in [3.63, 3.8) is 0 Å². The van der Waals surface area contributed by atoms with Gasteiger partial charge in [0.25, 0.3) is 0 Å². The molecule has 0 saturated carbocycles. The Balaban J connectivity index is 1.69. The average molecular weight is 369 g/mol. The van der Waals surface area contributed by atoms with Gasteiger partial charge in [-0.05, 0) is 48.0 Å². The van der Waals surface area contributed by atoms with Gasteiger partial charge in [-0.3, -0.25) is 0 Å². The number of aromatic nitrogens is 1. The van der Waals surface area contributed by atoms with Gasteiger partial charge in [-0.2, -0.15) is 0 Å². The van der Waals surface area contributed by atoms with E-state index >= 15 is 0 Å². The molecule has 4 rings (SSSR count). The van der Waals surface area contributed by atoms with E-state index in [-0.39, 0.29) is 5.56 Å². The van der Waals surface area contributed by atoms with Gasteiger partial charge in [0.2, 0.25) is 0 Å². The maximum Gasteiger partial charge on any atom is 0.335 e. The lowest BCUT2D eigenvalue weighted by atomic mass is 10.1. The lowest BCUT2D eigenvalue weighted by molar-refractivity contribution is 0.0697. The van der Waals surface area contributed by atoms with Crippen LogP contribution in [0.3, 0.4) is 0 Å². The minimum Gasteiger partial charge on any atom is -0.488 e. The summed E-state index contributed by atoms with van der Waals surface area (Å²) in [6.07, 6.45) is 1.92. The molecule has 0 atom stereocenters. The molecule has 1 N–H and O–H groups in total. The zero-order valence-electron chi connectivity index (χ0n) is 15.2. The van der Waals surface area contributed by atoms with Crippen molar-refractivity contribution in [3.8, 4) is 22.7 Å². The zero-order valence-corrected chi connectivity index (χ0v) is 15.2. The van der Waals surface area contributed by atoms with Gasteiger partial charge >= 0.3 is 5.97 Å². The smallest absolute Gasteiger partial charge is 0.335 e. The number of carbonyl (C=O) groups is 1. The first-order chi connectivity index (χ1) is 13.7. The van der Waals surface area contributed by atoms with Crippen molar-refractivity contribution in [1.82, 2.24) is 4.57 Å². The Morgan fingerprint density at radius 1 is 0.857 bits per heavy atom. The minimum atomic E-state index is -0.942. The molecule has 0 amide bonds. The molecule has 0 aliphatic carbocycles. The summed E-state index contributed by atoms with van der Waals surface area (Å²) in [6, 6.07) is 28.7. The predicted molar refractivity (Wildman–Crippen MR) is 109 cm³/mol. The van der Waals surface area contributed by atoms with E-state index in [9.17, 15) is 9.90 Å². The van der Waals surface area contributed by atoms with Crippen LogP contribution in [-0.2, 0) is 6.61 Å². The highest BCUT2D eigenvalue weighted by Crippen LogP contribution is 2.32. The van der Waals surface area contributed by atoms with Crippen molar-refractivity contribution >= 4 is 5.97 Å². The number of rotatable bonds is 6. The maximum absolute atomic E-state index is 11.3. The number of hydrogen-bond acceptors (Lipinski definition) is 2. The van der Waals surface area contributed by atoms with Gasteiger partial charge in [-0.25, -0.2) is 4.79 Å². The zero-order chi connectivity index (χ0) is 19.3. The Hall–Kier alpha value is -3.79. The van der Waals surface area contributed by atoms with Crippen LogP contribution in [-0.4, -0.2) is 15.6 Å². The molecule has 0 bridgehead atoms. The number of para-hydroxylation sites is 1. The van der Waals surface area contributed by atoms with Crippen molar-refractivity contribution in [2.75, 3.05) is 0 Å². The van der Waals surface area contributed by atoms with E-state index in [4.69, 9.17) is 4.74 Å². The van der Waals surface area contributed by atoms with Crippen molar-refractivity contribution in [2.24, 2.45) is 0 Å². The molecule has 3 aromatic carbocycles. The van der Waals surface area contributed by atoms with Crippen molar-refractivity contribution < 1.29 is 14.6 Å². The Morgan fingerprint density at radius 2 is 1.64 bits per heavy atom. The number of aromatic carboxylic acids is 1. The Bertz CT molecular complexity index is 1100. The van der Waals surface area contributed by atoms with Gasteiger partial charge in [0.1, 0.15) is 12.4 Å². The van der Waals surface area contributed by atoms with E-state index in [0.29, 0.717) is 6.61 Å². The summed E-state index contributed by atoms with van der Waals surface area (Å²) in [5, 5.41) is 9.29. The molecule has 1 aromatic heterocycles. The molecule has 4 aromatic rings. The summed E-state index contributed by atoms with van der Waals surface area (Å²) in [4.78, 5) is 11.3. The monoisotopic (exact) mass is 369 g/mol. The third-order valence-corrected chi connectivity index (χ3v) is 4.52. The molecule has 0 spiro atoms. The lowest BCUT2D eigenvalue weighted by Gasteiger charge is -2.15. The Morgan fingerprint density at radius 3 is 2.46 bits per heavy atom. The maximum atomic E-state index is 11.3. The molecule has 0 saturated heterocycles. The van der Waals surface area contributed by atoms with E-state index in [1.807, 2.05) is 83.6 Å². The van der Waals surface area contributed by atoms with Crippen LogP contribution in [0.15, 0.2) is 97.2 Å². The first-order valence-electron chi connectivity index (χ1n) is 8.99. The molecule has 4 nitrogen and oxygen atoms in total. The standard InChI is InChI=1S/C24H19NO3/c26-24(27)19-10-6-11-20(16-19)25-15-7-13-22(25)21-12-4-5-14-23(21)28-17-18-8-2-1-3-9-18/h1-16H,17H2,(H,26,27). The van der Waals surface area contributed by atoms with Crippen LogP contribution >= 0.6 is 0 Å². The van der Waals surface area contributed by atoms with E-state index < -0.39 is 5.97 Å². The quantitative estimate of drug-likeness (QED) is 0.494. The third kappa shape index (κ3) is 3.67. The number of ether oxygens (including phenoxy) is 1. The number of nitrogens with zero attached hydrogens (tertiary/aromatic N) is 1. The average Bonchev–Trinajstić information content (AvgIpc) is 3.23. The molecule has 0 aliphatic rings. The van der Waals surface area contributed by atoms with Crippen LogP contribution in [0.25, 0.3) is 16.9 Å². The highest BCUT2D eigenvalue weighted by Gasteiger charge is 2.12. The summed E-state index contributed by atoms with van der Waals surface area (Å²) in [5.41, 5.74) is 4.03. The van der Waals surface area contributed by atoms with Crippen LogP contribution in [0.5, 0.6) is 5.75 Å². The van der Waals surface area contributed by atoms with E-state index in [1.165, 1.54) is 0 Å².